The molecule has 2 heterocycles. The zero-order valence-corrected chi connectivity index (χ0v) is 14.9. The number of aromatic nitrogens is 2. The molecule has 0 saturated carbocycles. The van der Waals surface area contributed by atoms with E-state index in [1.165, 1.54) is 13.1 Å². The first kappa shape index (κ1) is 18.7. The standard InChI is InChI=1S/C16H25FN6S/c1-3-14-15(24-11(2)17)10-21-16(23-14)22-13(8-18)9-20-12-4-6-19-7-5-12/h8-12,19H,3-7,18H2,1-2H3,(H,21,22,23). The minimum atomic E-state index is -0.991. The van der Waals surface area contributed by atoms with Gasteiger partial charge in [-0.1, -0.05) is 18.7 Å². The van der Waals surface area contributed by atoms with E-state index in [0.717, 1.165) is 48.3 Å². The van der Waals surface area contributed by atoms with Crippen LogP contribution in [0.15, 0.2) is 28.0 Å². The third kappa shape index (κ3) is 5.76. The molecule has 8 heteroatoms. The first-order chi connectivity index (χ1) is 11.6. The molecule has 132 valence electrons. The van der Waals surface area contributed by atoms with Crippen molar-refractivity contribution in [2.24, 2.45) is 10.7 Å². The van der Waals surface area contributed by atoms with Gasteiger partial charge in [0.2, 0.25) is 5.95 Å². The summed E-state index contributed by atoms with van der Waals surface area (Å²) in [6.45, 7) is 5.47. The predicted octanol–water partition coefficient (Wildman–Crippen LogP) is 2.48. The van der Waals surface area contributed by atoms with Crippen LogP contribution in [0.5, 0.6) is 0 Å². The van der Waals surface area contributed by atoms with Crippen molar-refractivity contribution in [3.8, 4) is 0 Å². The van der Waals surface area contributed by atoms with Crippen LogP contribution < -0.4 is 16.4 Å². The van der Waals surface area contributed by atoms with Crippen LogP contribution in [0.1, 0.15) is 32.4 Å². The fourth-order valence-corrected chi connectivity index (χ4v) is 3.17. The minimum absolute atomic E-state index is 0.319. The monoisotopic (exact) mass is 352 g/mol. The number of rotatable bonds is 7. The molecule has 1 fully saturated rings. The maximum atomic E-state index is 13.2. The summed E-state index contributed by atoms with van der Waals surface area (Å²) in [7, 11) is 0. The van der Waals surface area contributed by atoms with Gasteiger partial charge in [-0.3, -0.25) is 4.99 Å². The van der Waals surface area contributed by atoms with Crippen molar-refractivity contribution in [3.05, 3.63) is 23.8 Å². The van der Waals surface area contributed by atoms with Crippen LogP contribution in [0.2, 0.25) is 0 Å². The number of alkyl halides is 1. The molecule has 0 bridgehead atoms. The Morgan fingerprint density at radius 3 is 2.96 bits per heavy atom. The number of anilines is 1. The third-order valence-corrected chi connectivity index (χ3v) is 4.54. The second kappa shape index (κ2) is 9.58. The molecule has 0 spiro atoms. The Labute approximate surface area is 146 Å². The fraction of sp³-hybridized carbons (Fsp3) is 0.562. The molecule has 1 aromatic rings. The number of hydrogen-bond donors (Lipinski definition) is 3. The van der Waals surface area contributed by atoms with E-state index in [0.29, 0.717) is 24.1 Å². The number of hydrogen-bond acceptors (Lipinski definition) is 7. The summed E-state index contributed by atoms with van der Waals surface area (Å²) in [4.78, 5) is 14.0. The minimum Gasteiger partial charge on any atom is -0.403 e. The fourth-order valence-electron chi connectivity index (χ4n) is 2.38. The van der Waals surface area contributed by atoms with Gasteiger partial charge in [-0.05, 0) is 39.3 Å². The molecule has 1 aromatic heterocycles. The van der Waals surface area contributed by atoms with E-state index in [-0.39, 0.29) is 0 Å². The molecule has 24 heavy (non-hydrogen) atoms. The molecule has 1 atom stereocenters. The van der Waals surface area contributed by atoms with Gasteiger partial charge in [0.05, 0.1) is 22.3 Å². The van der Waals surface area contributed by atoms with E-state index < -0.39 is 5.50 Å². The summed E-state index contributed by atoms with van der Waals surface area (Å²) in [6, 6.07) is 0.319. The molecule has 0 amide bonds. The van der Waals surface area contributed by atoms with Gasteiger partial charge in [-0.15, -0.1) is 0 Å². The molecule has 2 rings (SSSR count). The zero-order valence-electron chi connectivity index (χ0n) is 14.1. The van der Waals surface area contributed by atoms with E-state index in [1.54, 1.807) is 12.4 Å². The molecule has 1 aliphatic heterocycles. The first-order valence-corrected chi connectivity index (χ1v) is 9.09. The van der Waals surface area contributed by atoms with Crippen molar-refractivity contribution >= 4 is 23.9 Å². The maximum absolute atomic E-state index is 13.2. The Morgan fingerprint density at radius 1 is 1.58 bits per heavy atom. The van der Waals surface area contributed by atoms with Gasteiger partial charge in [-0.25, -0.2) is 14.4 Å². The molecule has 0 aliphatic carbocycles. The Morgan fingerprint density at radius 2 is 2.33 bits per heavy atom. The Balaban J connectivity index is 2.03. The Bertz CT molecular complexity index is 584. The highest BCUT2D eigenvalue weighted by Gasteiger charge is 2.12. The highest BCUT2D eigenvalue weighted by molar-refractivity contribution is 7.99. The largest absolute Gasteiger partial charge is 0.403 e. The highest BCUT2D eigenvalue weighted by atomic mass is 32.2. The number of nitrogens with one attached hydrogen (secondary N) is 2. The van der Waals surface area contributed by atoms with E-state index in [9.17, 15) is 4.39 Å². The second-order valence-electron chi connectivity index (χ2n) is 5.53. The summed E-state index contributed by atoms with van der Waals surface area (Å²) in [5.41, 5.74) is 6.14. The smallest absolute Gasteiger partial charge is 0.227 e. The number of allylic oxidation sites excluding steroid dienone is 1. The molecule has 1 saturated heterocycles. The molecular formula is C16H25FN6S. The van der Waals surface area contributed by atoms with Gasteiger partial charge in [0.25, 0.3) is 0 Å². The summed E-state index contributed by atoms with van der Waals surface area (Å²) < 4.78 is 13.2. The molecule has 1 aliphatic rings. The summed E-state index contributed by atoms with van der Waals surface area (Å²) in [5.74, 6) is 0.441. The van der Waals surface area contributed by atoms with Gasteiger partial charge in [0.1, 0.15) is 5.50 Å². The van der Waals surface area contributed by atoms with Crippen LogP contribution in [0, 0.1) is 0 Å². The second-order valence-corrected chi connectivity index (χ2v) is 6.85. The third-order valence-electron chi connectivity index (χ3n) is 3.62. The van der Waals surface area contributed by atoms with Crippen molar-refractivity contribution in [3.63, 3.8) is 0 Å². The van der Waals surface area contributed by atoms with E-state index in [2.05, 4.69) is 25.6 Å². The lowest BCUT2D eigenvalue weighted by molar-refractivity contribution is 0.461. The van der Waals surface area contributed by atoms with Crippen molar-refractivity contribution in [2.75, 3.05) is 18.4 Å². The normalized spacial score (nSPS) is 18.0. The van der Waals surface area contributed by atoms with Crippen LogP contribution >= 0.6 is 11.8 Å². The van der Waals surface area contributed by atoms with Crippen LogP contribution in [-0.4, -0.2) is 40.8 Å². The molecule has 6 nitrogen and oxygen atoms in total. The van der Waals surface area contributed by atoms with Crippen molar-refractivity contribution in [1.29, 1.82) is 0 Å². The SMILES string of the molecule is CCc1nc(NC(C=NC2CCNCC2)=CN)ncc1SC(C)F. The van der Waals surface area contributed by atoms with Crippen LogP contribution in [0.25, 0.3) is 0 Å². The molecular weight excluding hydrogens is 327 g/mol. The predicted molar refractivity (Wildman–Crippen MR) is 98.1 cm³/mol. The summed E-state index contributed by atoms with van der Waals surface area (Å²) >= 11 is 1.12. The molecule has 0 radical (unpaired) electrons. The van der Waals surface area contributed by atoms with E-state index in [4.69, 9.17) is 5.73 Å². The summed E-state index contributed by atoms with van der Waals surface area (Å²) in [5, 5.41) is 6.38. The van der Waals surface area contributed by atoms with Gasteiger partial charge in [0, 0.05) is 18.6 Å². The number of nitrogens with zero attached hydrogens (tertiary/aromatic N) is 3. The van der Waals surface area contributed by atoms with E-state index >= 15 is 0 Å². The van der Waals surface area contributed by atoms with Gasteiger partial charge >= 0.3 is 0 Å². The maximum Gasteiger partial charge on any atom is 0.227 e. The number of aliphatic imine (C=N–C) groups is 1. The van der Waals surface area contributed by atoms with Crippen LogP contribution in [0.4, 0.5) is 10.3 Å². The van der Waals surface area contributed by atoms with Crippen molar-refractivity contribution < 1.29 is 4.39 Å². The first-order valence-electron chi connectivity index (χ1n) is 8.21. The van der Waals surface area contributed by atoms with Gasteiger partial charge in [-0.2, -0.15) is 0 Å². The zero-order chi connectivity index (χ0) is 17.4. The topological polar surface area (TPSA) is 88.2 Å². The Kier molecular flexibility index (Phi) is 7.45. The van der Waals surface area contributed by atoms with Crippen LogP contribution in [0.3, 0.4) is 0 Å². The van der Waals surface area contributed by atoms with Crippen LogP contribution in [-0.2, 0) is 6.42 Å². The number of halogens is 1. The Hall–Kier alpha value is -1.67. The molecule has 1 unspecified atom stereocenters. The van der Waals surface area contributed by atoms with Gasteiger partial charge in [0.15, 0.2) is 0 Å². The number of aryl methyl sites for hydroxylation is 1. The lowest BCUT2D eigenvalue weighted by Crippen LogP contribution is -2.30. The number of piperidine rings is 1. The lowest BCUT2D eigenvalue weighted by atomic mass is 10.1. The number of thioether (sulfide) groups is 1. The van der Waals surface area contributed by atoms with Crippen molar-refractivity contribution in [1.82, 2.24) is 15.3 Å². The van der Waals surface area contributed by atoms with Gasteiger partial charge < -0.3 is 16.4 Å². The lowest BCUT2D eigenvalue weighted by Gasteiger charge is -2.18. The summed E-state index contributed by atoms with van der Waals surface area (Å²) in [6.07, 6.45) is 7.59. The van der Waals surface area contributed by atoms with E-state index in [1.807, 2.05) is 6.92 Å². The molecule has 4 N–H and O–H groups in total. The van der Waals surface area contributed by atoms with Crippen molar-refractivity contribution in [2.45, 2.75) is 49.6 Å². The number of nitrogens with two attached hydrogens (primary N) is 1. The average molecular weight is 352 g/mol. The quantitative estimate of drug-likeness (QED) is 0.516. The highest BCUT2D eigenvalue weighted by Crippen LogP contribution is 2.27. The molecule has 0 aromatic carbocycles. The average Bonchev–Trinajstić information content (AvgIpc) is 2.60.